The zero-order chi connectivity index (χ0) is 22.9. The smallest absolute Gasteiger partial charge is 0.410 e. The van der Waals surface area contributed by atoms with Gasteiger partial charge in [-0.15, -0.1) is 0 Å². The van der Waals surface area contributed by atoms with Crippen molar-refractivity contribution in [3.8, 4) is 5.75 Å². The Bertz CT molecular complexity index is 963. The molecule has 1 saturated carbocycles. The molecule has 1 N–H and O–H groups in total. The maximum absolute atomic E-state index is 12.6. The van der Waals surface area contributed by atoms with Gasteiger partial charge >= 0.3 is 6.09 Å². The molecule has 1 unspecified atom stereocenters. The van der Waals surface area contributed by atoms with Gasteiger partial charge in [0.1, 0.15) is 5.75 Å². The lowest BCUT2D eigenvalue weighted by atomic mass is 9.50. The number of fused-ring (bicyclic) bond motifs is 3. The summed E-state index contributed by atoms with van der Waals surface area (Å²) in [7, 11) is 0. The summed E-state index contributed by atoms with van der Waals surface area (Å²) in [6.45, 7) is 12.4. The molecule has 0 heterocycles. The number of nitrogens with one attached hydrogen (secondary N) is 1. The summed E-state index contributed by atoms with van der Waals surface area (Å²) in [5.74, 6) is 1.76. The molecule has 2 atom stereocenters. The zero-order valence-corrected chi connectivity index (χ0v) is 20.5. The van der Waals surface area contributed by atoms with E-state index >= 15 is 0 Å². The highest BCUT2D eigenvalue weighted by Gasteiger charge is 2.50. The lowest BCUT2D eigenvalue weighted by molar-refractivity contribution is 0.0404. The van der Waals surface area contributed by atoms with Crippen molar-refractivity contribution in [1.29, 1.82) is 0 Å². The summed E-state index contributed by atoms with van der Waals surface area (Å²) in [6.07, 6.45) is 6.62. The molecule has 0 radical (unpaired) electrons. The van der Waals surface area contributed by atoms with Crippen LogP contribution < -0.4 is 10.1 Å². The number of carbonyl (C=O) groups is 1. The molecule has 172 valence electrons. The van der Waals surface area contributed by atoms with Gasteiger partial charge in [0, 0.05) is 12.1 Å². The Hall–Kier alpha value is -2.29. The molecule has 0 saturated heterocycles. The summed E-state index contributed by atoms with van der Waals surface area (Å²) in [6, 6.07) is 14.5. The van der Waals surface area contributed by atoms with E-state index in [-0.39, 0.29) is 11.5 Å². The van der Waals surface area contributed by atoms with E-state index in [9.17, 15) is 4.79 Å². The van der Waals surface area contributed by atoms with Gasteiger partial charge in [-0.2, -0.15) is 0 Å². The first-order chi connectivity index (χ1) is 15.2. The van der Waals surface area contributed by atoms with Crippen LogP contribution in [-0.4, -0.2) is 12.6 Å². The molecule has 0 bridgehead atoms. The van der Waals surface area contributed by atoms with Crippen molar-refractivity contribution >= 4 is 6.09 Å². The fourth-order valence-electron chi connectivity index (χ4n) is 6.70. The van der Waals surface area contributed by atoms with E-state index in [0.29, 0.717) is 23.8 Å². The highest BCUT2D eigenvalue weighted by atomic mass is 16.6. The fourth-order valence-corrected chi connectivity index (χ4v) is 6.70. The predicted molar refractivity (Wildman–Crippen MR) is 131 cm³/mol. The van der Waals surface area contributed by atoms with Gasteiger partial charge in [0.2, 0.25) is 0 Å². The summed E-state index contributed by atoms with van der Waals surface area (Å²) in [5, 5.41) is 2.93. The quantitative estimate of drug-likeness (QED) is 0.543. The van der Waals surface area contributed by atoms with Gasteiger partial charge in [-0.3, -0.25) is 0 Å². The van der Waals surface area contributed by atoms with Crippen molar-refractivity contribution in [3.05, 3.63) is 64.7 Å². The van der Waals surface area contributed by atoms with Gasteiger partial charge in [-0.1, -0.05) is 77.4 Å². The molecule has 0 spiro atoms. The average molecular weight is 434 g/mol. The minimum atomic E-state index is -0.360. The van der Waals surface area contributed by atoms with Crippen molar-refractivity contribution < 1.29 is 9.53 Å². The van der Waals surface area contributed by atoms with E-state index in [4.69, 9.17) is 4.74 Å². The largest absolute Gasteiger partial charge is 0.412 e. The van der Waals surface area contributed by atoms with E-state index < -0.39 is 0 Å². The van der Waals surface area contributed by atoms with E-state index in [1.165, 1.54) is 47.9 Å². The Morgan fingerprint density at radius 3 is 2.56 bits per heavy atom. The molecule has 0 aliphatic heterocycles. The van der Waals surface area contributed by atoms with E-state index in [1.807, 2.05) is 18.2 Å². The monoisotopic (exact) mass is 433 g/mol. The van der Waals surface area contributed by atoms with Crippen molar-refractivity contribution in [2.24, 2.45) is 11.3 Å². The zero-order valence-electron chi connectivity index (χ0n) is 20.5. The lowest BCUT2D eigenvalue weighted by Gasteiger charge is -2.54. The molecule has 2 aromatic rings. The van der Waals surface area contributed by atoms with Crippen LogP contribution >= 0.6 is 0 Å². The second kappa shape index (κ2) is 8.92. The third-order valence-corrected chi connectivity index (χ3v) is 8.15. The fraction of sp³-hybridized carbons (Fsp3) is 0.552. The molecule has 2 aliphatic carbocycles. The number of hydrogen-bond acceptors (Lipinski definition) is 2. The molecule has 1 fully saturated rings. The summed E-state index contributed by atoms with van der Waals surface area (Å²) < 4.78 is 5.87. The summed E-state index contributed by atoms with van der Waals surface area (Å²) in [5.41, 5.74) is 5.98. The highest BCUT2D eigenvalue weighted by molar-refractivity contribution is 5.71. The van der Waals surface area contributed by atoms with E-state index in [0.717, 1.165) is 18.6 Å². The van der Waals surface area contributed by atoms with Gasteiger partial charge in [0.25, 0.3) is 0 Å². The molecule has 2 aliphatic rings. The topological polar surface area (TPSA) is 38.3 Å². The first-order valence-electron chi connectivity index (χ1n) is 12.4. The second-order valence-electron chi connectivity index (χ2n) is 11.1. The first kappa shape index (κ1) is 22.9. The minimum Gasteiger partial charge on any atom is -0.410 e. The third kappa shape index (κ3) is 4.31. The van der Waals surface area contributed by atoms with Gasteiger partial charge in [-0.05, 0) is 77.5 Å². The molecular weight excluding hydrogens is 394 g/mol. The third-order valence-electron chi connectivity index (χ3n) is 8.15. The van der Waals surface area contributed by atoms with Gasteiger partial charge in [0.15, 0.2) is 0 Å². The average Bonchev–Trinajstić information content (AvgIpc) is 2.73. The summed E-state index contributed by atoms with van der Waals surface area (Å²) >= 11 is 0. The Balaban J connectivity index is 1.54. The molecule has 32 heavy (non-hydrogen) atoms. The predicted octanol–water partition coefficient (Wildman–Crippen LogP) is 7.17. The lowest BCUT2D eigenvalue weighted by Crippen LogP contribution is -2.48. The van der Waals surface area contributed by atoms with Crippen LogP contribution in [0.25, 0.3) is 0 Å². The van der Waals surface area contributed by atoms with Crippen LogP contribution in [-0.2, 0) is 18.3 Å². The number of hydrogen-bond donors (Lipinski definition) is 1. The molecule has 1 amide bonds. The Kier molecular flexibility index (Phi) is 6.38. The van der Waals surface area contributed by atoms with Crippen molar-refractivity contribution in [3.63, 3.8) is 0 Å². The maximum atomic E-state index is 12.6. The summed E-state index contributed by atoms with van der Waals surface area (Å²) in [4.78, 5) is 12.6. The number of carbonyl (C=O) groups excluding carboxylic acids is 1. The molecule has 0 aromatic heterocycles. The van der Waals surface area contributed by atoms with Crippen LogP contribution in [0.4, 0.5) is 4.79 Å². The number of benzene rings is 2. The maximum Gasteiger partial charge on any atom is 0.412 e. The van der Waals surface area contributed by atoms with Crippen LogP contribution in [0.15, 0.2) is 42.5 Å². The molecule has 3 heteroatoms. The van der Waals surface area contributed by atoms with Crippen LogP contribution in [0.1, 0.15) is 88.5 Å². The first-order valence-corrected chi connectivity index (χ1v) is 12.4. The van der Waals surface area contributed by atoms with Crippen LogP contribution in [0.2, 0.25) is 0 Å². The van der Waals surface area contributed by atoms with Crippen molar-refractivity contribution in [1.82, 2.24) is 5.32 Å². The van der Waals surface area contributed by atoms with Crippen LogP contribution in [0, 0.1) is 11.3 Å². The van der Waals surface area contributed by atoms with Gasteiger partial charge in [-0.25, -0.2) is 4.79 Å². The number of rotatable bonds is 5. The Morgan fingerprint density at radius 2 is 1.84 bits per heavy atom. The molecule has 3 nitrogen and oxygen atoms in total. The minimum absolute atomic E-state index is 0.218. The molecule has 2 aromatic carbocycles. The second-order valence-corrected chi connectivity index (χ2v) is 11.1. The SMILES string of the molecule is CC(C)c1c(OC(=O)NCCc2ccccc2)ccc2c1CCC1C(C)(C)CCC[C@]21C. The Morgan fingerprint density at radius 1 is 1.09 bits per heavy atom. The Labute approximate surface area is 194 Å². The van der Waals surface area contributed by atoms with Crippen molar-refractivity contribution in [2.45, 2.75) is 84.5 Å². The molecular formula is C29H39NO2. The van der Waals surface area contributed by atoms with Gasteiger partial charge < -0.3 is 10.1 Å². The normalized spacial score (nSPS) is 23.9. The standard InChI is InChI=1S/C29H39NO2/c1-20(2)26-22-12-15-25-28(3,4)17-9-18-29(25,5)23(22)13-14-24(26)32-27(31)30-19-16-21-10-7-6-8-11-21/h6-8,10-11,13-14,20,25H,9,12,15-19H2,1-5H3,(H,30,31)/t25?,29-/m1/s1. The number of ether oxygens (including phenoxy) is 1. The van der Waals surface area contributed by atoms with E-state index in [1.54, 1.807) is 0 Å². The van der Waals surface area contributed by atoms with Crippen LogP contribution in [0.3, 0.4) is 0 Å². The highest BCUT2D eigenvalue weighted by Crippen LogP contribution is 2.58. The van der Waals surface area contributed by atoms with Crippen LogP contribution in [0.5, 0.6) is 5.75 Å². The van der Waals surface area contributed by atoms with E-state index in [2.05, 4.69) is 64.2 Å². The number of amides is 1. The van der Waals surface area contributed by atoms with Gasteiger partial charge in [0.05, 0.1) is 0 Å². The van der Waals surface area contributed by atoms with Crippen molar-refractivity contribution in [2.75, 3.05) is 6.54 Å². The molecule has 4 rings (SSSR count).